The zero-order chi connectivity index (χ0) is 6.69. The molecule has 1 aromatic heterocycles. The molecule has 0 aliphatic heterocycles. The standard InChI is InChI=1S/C7H6N2/c1-6-4-3-5-9-7(6)8-2/h3-5H,1H3. The maximum atomic E-state index is 6.65. The summed E-state index contributed by atoms with van der Waals surface area (Å²) in [5.41, 5.74) is 0.938. The zero-order valence-corrected chi connectivity index (χ0v) is 5.13. The fraction of sp³-hybridized carbons (Fsp3) is 0.143. The van der Waals surface area contributed by atoms with Gasteiger partial charge in [-0.15, -0.1) is 4.98 Å². The zero-order valence-electron chi connectivity index (χ0n) is 5.13. The summed E-state index contributed by atoms with van der Waals surface area (Å²) in [6.45, 7) is 8.52. The van der Waals surface area contributed by atoms with Crippen LogP contribution in [0.1, 0.15) is 5.56 Å². The molecular formula is C7H6N2. The first-order valence-electron chi connectivity index (χ1n) is 2.63. The first-order valence-corrected chi connectivity index (χ1v) is 2.63. The monoisotopic (exact) mass is 118 g/mol. The molecule has 0 spiro atoms. The van der Waals surface area contributed by atoms with E-state index in [1.165, 1.54) is 0 Å². The van der Waals surface area contributed by atoms with Crippen molar-refractivity contribution in [2.24, 2.45) is 0 Å². The van der Waals surface area contributed by atoms with Crippen LogP contribution in [0.25, 0.3) is 4.85 Å². The van der Waals surface area contributed by atoms with Gasteiger partial charge in [-0.1, -0.05) is 12.6 Å². The number of aryl methyl sites for hydroxylation is 1. The maximum Gasteiger partial charge on any atom is 0.272 e. The van der Waals surface area contributed by atoms with Gasteiger partial charge in [-0.3, -0.25) is 0 Å². The van der Waals surface area contributed by atoms with E-state index in [2.05, 4.69) is 9.83 Å². The van der Waals surface area contributed by atoms with E-state index in [0.717, 1.165) is 5.56 Å². The van der Waals surface area contributed by atoms with Crippen LogP contribution in [0.5, 0.6) is 0 Å². The molecule has 1 rings (SSSR count). The highest BCUT2D eigenvalue weighted by Crippen LogP contribution is 2.11. The first kappa shape index (κ1) is 5.77. The van der Waals surface area contributed by atoms with Crippen molar-refractivity contribution in [2.75, 3.05) is 0 Å². The van der Waals surface area contributed by atoms with E-state index in [0.29, 0.717) is 5.82 Å². The molecule has 44 valence electrons. The van der Waals surface area contributed by atoms with Crippen molar-refractivity contribution in [3.8, 4) is 0 Å². The molecule has 0 atom stereocenters. The number of hydrogen-bond donors (Lipinski definition) is 0. The number of hydrogen-bond acceptors (Lipinski definition) is 1. The third kappa shape index (κ3) is 1.06. The lowest BCUT2D eigenvalue weighted by Crippen LogP contribution is -1.73. The summed E-state index contributed by atoms with van der Waals surface area (Å²) in [5.74, 6) is 0.498. The van der Waals surface area contributed by atoms with Crippen molar-refractivity contribution in [3.63, 3.8) is 0 Å². The van der Waals surface area contributed by atoms with E-state index in [-0.39, 0.29) is 0 Å². The Labute approximate surface area is 54.0 Å². The average molecular weight is 118 g/mol. The molecule has 0 aromatic carbocycles. The lowest BCUT2D eigenvalue weighted by molar-refractivity contribution is 1.30. The van der Waals surface area contributed by atoms with Gasteiger partial charge in [0.25, 0.3) is 5.82 Å². The highest BCUT2D eigenvalue weighted by molar-refractivity contribution is 5.43. The van der Waals surface area contributed by atoms with Gasteiger partial charge in [0.2, 0.25) is 0 Å². The molecule has 0 aliphatic carbocycles. The van der Waals surface area contributed by atoms with E-state index < -0.39 is 0 Å². The van der Waals surface area contributed by atoms with Crippen molar-refractivity contribution < 1.29 is 0 Å². The van der Waals surface area contributed by atoms with Crippen molar-refractivity contribution in [1.29, 1.82) is 0 Å². The topological polar surface area (TPSA) is 17.2 Å². The number of rotatable bonds is 0. The van der Waals surface area contributed by atoms with Gasteiger partial charge in [0.05, 0.1) is 0 Å². The molecule has 9 heavy (non-hydrogen) atoms. The van der Waals surface area contributed by atoms with Gasteiger partial charge in [0, 0.05) is 0 Å². The summed E-state index contributed by atoms with van der Waals surface area (Å²) in [6, 6.07) is 3.70. The third-order valence-corrected chi connectivity index (χ3v) is 1.09. The lowest BCUT2D eigenvalue weighted by atomic mass is 10.3. The quantitative estimate of drug-likeness (QED) is 0.476. The molecule has 0 amide bonds. The van der Waals surface area contributed by atoms with Crippen molar-refractivity contribution in [2.45, 2.75) is 6.92 Å². The van der Waals surface area contributed by atoms with Crippen LogP contribution in [-0.2, 0) is 0 Å². The molecule has 1 heterocycles. The van der Waals surface area contributed by atoms with Crippen LogP contribution in [0.4, 0.5) is 5.82 Å². The number of nitrogens with zero attached hydrogens (tertiary/aromatic N) is 2. The minimum Gasteiger partial charge on any atom is -0.360 e. The normalized spacial score (nSPS) is 8.44. The SMILES string of the molecule is [C-]#[N+]c1ncccc1C. The van der Waals surface area contributed by atoms with Crippen LogP contribution in [0.15, 0.2) is 18.3 Å². The summed E-state index contributed by atoms with van der Waals surface area (Å²) >= 11 is 0. The number of aromatic nitrogens is 1. The Morgan fingerprint density at radius 2 is 2.44 bits per heavy atom. The molecule has 0 radical (unpaired) electrons. The Morgan fingerprint density at radius 3 is 2.89 bits per heavy atom. The second kappa shape index (κ2) is 2.27. The molecule has 2 heteroatoms. The molecule has 0 saturated carbocycles. The molecule has 0 bridgehead atoms. The van der Waals surface area contributed by atoms with Crippen LogP contribution in [0.2, 0.25) is 0 Å². The summed E-state index contributed by atoms with van der Waals surface area (Å²) in [5, 5.41) is 0. The molecule has 0 unspecified atom stereocenters. The van der Waals surface area contributed by atoms with E-state index in [4.69, 9.17) is 6.57 Å². The van der Waals surface area contributed by atoms with E-state index in [9.17, 15) is 0 Å². The first-order chi connectivity index (χ1) is 4.34. The summed E-state index contributed by atoms with van der Waals surface area (Å²) in [4.78, 5) is 7.05. The van der Waals surface area contributed by atoms with Gasteiger partial charge in [-0.25, -0.2) is 0 Å². The summed E-state index contributed by atoms with van der Waals surface area (Å²) < 4.78 is 0. The predicted molar refractivity (Wildman–Crippen MR) is 35.2 cm³/mol. The predicted octanol–water partition coefficient (Wildman–Crippen LogP) is 1.94. The molecule has 2 nitrogen and oxygen atoms in total. The molecule has 1 aromatic rings. The van der Waals surface area contributed by atoms with Crippen molar-refractivity contribution >= 4 is 5.82 Å². The maximum absolute atomic E-state index is 6.65. The van der Waals surface area contributed by atoms with Crippen LogP contribution >= 0.6 is 0 Å². The lowest BCUT2D eigenvalue weighted by Gasteiger charge is -1.89. The van der Waals surface area contributed by atoms with Crippen LogP contribution in [0, 0.1) is 13.5 Å². The van der Waals surface area contributed by atoms with Gasteiger partial charge in [0.1, 0.15) is 6.20 Å². The van der Waals surface area contributed by atoms with Gasteiger partial charge < -0.3 is 4.85 Å². The Balaban J connectivity index is 3.20. The van der Waals surface area contributed by atoms with Crippen LogP contribution < -0.4 is 0 Å². The van der Waals surface area contributed by atoms with Crippen LogP contribution in [0.3, 0.4) is 0 Å². The van der Waals surface area contributed by atoms with E-state index in [1.54, 1.807) is 6.20 Å². The average Bonchev–Trinajstić information content (AvgIpc) is 1.89. The number of pyridine rings is 1. The van der Waals surface area contributed by atoms with Crippen LogP contribution in [-0.4, -0.2) is 4.98 Å². The largest absolute Gasteiger partial charge is 0.360 e. The van der Waals surface area contributed by atoms with E-state index in [1.807, 2.05) is 19.1 Å². The summed E-state index contributed by atoms with van der Waals surface area (Å²) in [6.07, 6.45) is 1.63. The van der Waals surface area contributed by atoms with Gasteiger partial charge >= 0.3 is 0 Å². The Kier molecular flexibility index (Phi) is 1.46. The van der Waals surface area contributed by atoms with Crippen molar-refractivity contribution in [3.05, 3.63) is 35.3 Å². The smallest absolute Gasteiger partial charge is 0.272 e. The van der Waals surface area contributed by atoms with E-state index >= 15 is 0 Å². The second-order valence-corrected chi connectivity index (χ2v) is 1.76. The fourth-order valence-electron chi connectivity index (χ4n) is 0.594. The Bertz CT molecular complexity index is 247. The highest BCUT2D eigenvalue weighted by Gasteiger charge is 1.93. The Hall–Kier alpha value is -1.36. The van der Waals surface area contributed by atoms with Gasteiger partial charge in [-0.2, -0.15) is 0 Å². The highest BCUT2D eigenvalue weighted by atomic mass is 14.9. The molecule has 0 saturated heterocycles. The minimum absolute atomic E-state index is 0.498. The van der Waals surface area contributed by atoms with Gasteiger partial charge in [0.15, 0.2) is 0 Å². The Morgan fingerprint density at radius 1 is 1.67 bits per heavy atom. The third-order valence-electron chi connectivity index (χ3n) is 1.09. The molecular weight excluding hydrogens is 112 g/mol. The fourth-order valence-corrected chi connectivity index (χ4v) is 0.594. The minimum atomic E-state index is 0.498. The molecule has 0 aliphatic rings. The van der Waals surface area contributed by atoms with Gasteiger partial charge in [-0.05, 0) is 18.6 Å². The second-order valence-electron chi connectivity index (χ2n) is 1.76. The van der Waals surface area contributed by atoms with Crippen molar-refractivity contribution in [1.82, 2.24) is 4.98 Å². The molecule has 0 N–H and O–H groups in total. The molecule has 0 fully saturated rings. The summed E-state index contributed by atoms with van der Waals surface area (Å²) in [7, 11) is 0.